The van der Waals surface area contributed by atoms with Crippen molar-refractivity contribution in [2.45, 2.75) is 26.1 Å². The second-order valence-electron chi connectivity index (χ2n) is 3.54. The molecule has 0 heterocycles. The maximum Gasteiger partial charge on any atom is 0.0584 e. The van der Waals surface area contributed by atoms with Crippen LogP contribution in [-0.4, -0.2) is 5.38 Å². The Morgan fingerprint density at radius 3 is 2.55 bits per heavy atom. The van der Waals surface area contributed by atoms with E-state index in [9.17, 15) is 0 Å². The van der Waals surface area contributed by atoms with E-state index in [0.29, 0.717) is 11.8 Å². The molecule has 1 rings (SSSR count). The van der Waals surface area contributed by atoms with E-state index in [-0.39, 0.29) is 5.38 Å². The molecule has 0 nitrogen and oxygen atoms in total. The Kier molecular flexibility index (Phi) is 2.78. The molecule has 0 saturated carbocycles. The topological polar surface area (TPSA) is 0 Å². The summed E-state index contributed by atoms with van der Waals surface area (Å²) in [6.45, 7) is 6.54. The minimum Gasteiger partial charge on any atom is -0.118 e. The van der Waals surface area contributed by atoms with Gasteiger partial charge in [0.25, 0.3) is 0 Å². The lowest BCUT2D eigenvalue weighted by atomic mass is 9.87. The average molecular weight is 171 g/mol. The number of rotatable bonds is 1. The van der Waals surface area contributed by atoms with Crippen LogP contribution >= 0.6 is 11.6 Å². The van der Waals surface area contributed by atoms with Gasteiger partial charge in [-0.25, -0.2) is 0 Å². The number of halogens is 1. The maximum atomic E-state index is 6.11. The molecule has 62 valence electrons. The first-order valence-corrected chi connectivity index (χ1v) is 4.55. The predicted octanol–water partition coefficient (Wildman–Crippen LogP) is 3.38. The third-order valence-electron chi connectivity index (χ3n) is 2.14. The molecule has 0 aliphatic heterocycles. The Bertz CT molecular complexity index is 189. The molecule has 1 heteroatoms. The largest absolute Gasteiger partial charge is 0.118 e. The highest BCUT2D eigenvalue weighted by Gasteiger charge is 2.20. The van der Waals surface area contributed by atoms with Crippen molar-refractivity contribution in [1.29, 1.82) is 0 Å². The average Bonchev–Trinajstić information content (AvgIpc) is 1.94. The molecule has 0 saturated heterocycles. The molecule has 0 bridgehead atoms. The highest BCUT2D eigenvalue weighted by atomic mass is 35.5. The van der Waals surface area contributed by atoms with Crippen LogP contribution in [0.4, 0.5) is 0 Å². The molecule has 1 aliphatic rings. The van der Waals surface area contributed by atoms with E-state index < -0.39 is 0 Å². The van der Waals surface area contributed by atoms with E-state index in [1.807, 2.05) is 0 Å². The first-order chi connectivity index (χ1) is 5.11. The lowest BCUT2D eigenvalue weighted by molar-refractivity contribution is 0.470. The summed E-state index contributed by atoms with van der Waals surface area (Å²) in [6.07, 6.45) is 6.44. The van der Waals surface area contributed by atoms with Gasteiger partial charge in [0, 0.05) is 0 Å². The zero-order chi connectivity index (χ0) is 8.43. The molecule has 2 atom stereocenters. The summed E-state index contributed by atoms with van der Waals surface area (Å²) in [5.74, 6) is 1.15. The predicted molar refractivity (Wildman–Crippen MR) is 50.9 cm³/mol. The van der Waals surface area contributed by atoms with Crippen LogP contribution in [0.1, 0.15) is 20.8 Å². The molecule has 0 N–H and O–H groups in total. The van der Waals surface area contributed by atoms with Gasteiger partial charge < -0.3 is 0 Å². The van der Waals surface area contributed by atoms with Crippen molar-refractivity contribution in [3.8, 4) is 0 Å². The van der Waals surface area contributed by atoms with E-state index in [2.05, 4.69) is 39.0 Å². The van der Waals surface area contributed by atoms with E-state index in [1.54, 1.807) is 0 Å². The van der Waals surface area contributed by atoms with Crippen LogP contribution in [0.5, 0.6) is 0 Å². The number of allylic oxidation sites excluding steroid dienone is 4. The highest BCUT2D eigenvalue weighted by Crippen LogP contribution is 2.27. The van der Waals surface area contributed by atoms with Gasteiger partial charge in [0.05, 0.1) is 5.38 Å². The summed E-state index contributed by atoms with van der Waals surface area (Å²) in [5.41, 5.74) is 1.33. The van der Waals surface area contributed by atoms with Crippen LogP contribution in [0.25, 0.3) is 0 Å². The molecule has 11 heavy (non-hydrogen) atoms. The monoisotopic (exact) mass is 170 g/mol. The first kappa shape index (κ1) is 8.86. The van der Waals surface area contributed by atoms with Crippen LogP contribution in [0.3, 0.4) is 0 Å². The van der Waals surface area contributed by atoms with Crippen molar-refractivity contribution in [2.24, 2.45) is 11.8 Å². The van der Waals surface area contributed by atoms with Gasteiger partial charge in [-0.3, -0.25) is 0 Å². The van der Waals surface area contributed by atoms with E-state index >= 15 is 0 Å². The maximum absolute atomic E-state index is 6.11. The lowest BCUT2D eigenvalue weighted by Crippen LogP contribution is -2.19. The van der Waals surface area contributed by atoms with Gasteiger partial charge in [-0.05, 0) is 18.8 Å². The zero-order valence-electron chi connectivity index (χ0n) is 7.34. The fourth-order valence-electron chi connectivity index (χ4n) is 1.38. The molecule has 0 aromatic carbocycles. The quantitative estimate of drug-likeness (QED) is 0.530. The number of alkyl halides is 1. The Morgan fingerprint density at radius 1 is 1.45 bits per heavy atom. The summed E-state index contributed by atoms with van der Waals surface area (Å²) >= 11 is 6.11. The third-order valence-corrected chi connectivity index (χ3v) is 2.57. The molecular formula is C10H15Cl. The summed E-state index contributed by atoms with van der Waals surface area (Å²) in [6, 6.07) is 0. The first-order valence-electron chi connectivity index (χ1n) is 4.12. The third kappa shape index (κ3) is 2.10. The van der Waals surface area contributed by atoms with Crippen LogP contribution in [0.2, 0.25) is 0 Å². The summed E-state index contributed by atoms with van der Waals surface area (Å²) in [5, 5.41) is 0.193. The van der Waals surface area contributed by atoms with E-state index in [4.69, 9.17) is 11.6 Å². The molecule has 0 fully saturated rings. The van der Waals surface area contributed by atoms with Crippen LogP contribution in [0.15, 0.2) is 23.8 Å². The number of hydrogen-bond acceptors (Lipinski definition) is 0. The molecule has 0 radical (unpaired) electrons. The summed E-state index contributed by atoms with van der Waals surface area (Å²) in [7, 11) is 0. The Balaban J connectivity index is 2.73. The fraction of sp³-hybridized carbons (Fsp3) is 0.600. The van der Waals surface area contributed by atoms with Crippen molar-refractivity contribution >= 4 is 11.6 Å². The summed E-state index contributed by atoms with van der Waals surface area (Å²) in [4.78, 5) is 0. The van der Waals surface area contributed by atoms with Crippen molar-refractivity contribution in [1.82, 2.24) is 0 Å². The zero-order valence-corrected chi connectivity index (χ0v) is 8.10. The second kappa shape index (κ2) is 3.44. The summed E-state index contributed by atoms with van der Waals surface area (Å²) < 4.78 is 0. The van der Waals surface area contributed by atoms with E-state index in [0.717, 1.165) is 0 Å². The van der Waals surface area contributed by atoms with E-state index in [1.165, 1.54) is 5.57 Å². The molecule has 0 spiro atoms. The Hall–Kier alpha value is -0.230. The lowest BCUT2D eigenvalue weighted by Gasteiger charge is -2.23. The second-order valence-corrected chi connectivity index (χ2v) is 4.04. The van der Waals surface area contributed by atoms with Gasteiger partial charge in [0.2, 0.25) is 0 Å². The molecule has 0 amide bonds. The van der Waals surface area contributed by atoms with Crippen molar-refractivity contribution in [2.75, 3.05) is 0 Å². The molecule has 0 aromatic heterocycles. The molecule has 0 aromatic rings. The Labute approximate surface area is 73.9 Å². The molecule has 1 aliphatic carbocycles. The minimum atomic E-state index is 0.193. The van der Waals surface area contributed by atoms with Gasteiger partial charge in [-0.15, -0.1) is 11.6 Å². The van der Waals surface area contributed by atoms with Crippen molar-refractivity contribution < 1.29 is 0 Å². The van der Waals surface area contributed by atoms with Gasteiger partial charge in [0.1, 0.15) is 0 Å². The molecular weight excluding hydrogens is 156 g/mol. The van der Waals surface area contributed by atoms with Crippen molar-refractivity contribution in [3.63, 3.8) is 0 Å². The fourth-order valence-corrected chi connectivity index (χ4v) is 1.82. The normalized spacial score (nSPS) is 30.8. The highest BCUT2D eigenvalue weighted by molar-refractivity contribution is 6.22. The molecule has 2 unspecified atom stereocenters. The smallest absolute Gasteiger partial charge is 0.0584 e. The van der Waals surface area contributed by atoms with Crippen LogP contribution < -0.4 is 0 Å². The van der Waals surface area contributed by atoms with Gasteiger partial charge in [-0.1, -0.05) is 37.6 Å². The van der Waals surface area contributed by atoms with Crippen LogP contribution in [0, 0.1) is 11.8 Å². The standard InChI is InChI=1S/C10H15Cl/c1-7(2)9-6-8(3)4-5-10(9)11/h4-7,9-10H,1-3H3. The van der Waals surface area contributed by atoms with Gasteiger partial charge in [0.15, 0.2) is 0 Å². The van der Waals surface area contributed by atoms with Gasteiger partial charge >= 0.3 is 0 Å². The van der Waals surface area contributed by atoms with Gasteiger partial charge in [-0.2, -0.15) is 0 Å². The number of hydrogen-bond donors (Lipinski definition) is 0. The SMILES string of the molecule is CC1=CC(C(C)C)C(Cl)C=C1. The van der Waals surface area contributed by atoms with Crippen molar-refractivity contribution in [3.05, 3.63) is 23.8 Å². The Morgan fingerprint density at radius 2 is 2.09 bits per heavy atom. The van der Waals surface area contributed by atoms with Crippen LogP contribution in [-0.2, 0) is 0 Å². The minimum absolute atomic E-state index is 0.193.